The first-order chi connectivity index (χ1) is 8.65. The first kappa shape index (κ1) is 12.2. The van der Waals surface area contributed by atoms with Gasteiger partial charge in [0, 0.05) is 6.92 Å². The van der Waals surface area contributed by atoms with Gasteiger partial charge >= 0.3 is 0 Å². The predicted octanol–water partition coefficient (Wildman–Crippen LogP) is 2.30. The van der Waals surface area contributed by atoms with Crippen LogP contribution >= 0.6 is 0 Å². The molecule has 0 saturated heterocycles. The van der Waals surface area contributed by atoms with E-state index in [1.807, 2.05) is 6.07 Å². The van der Waals surface area contributed by atoms with Crippen LogP contribution in [-0.2, 0) is 0 Å². The molecule has 2 aromatic rings. The van der Waals surface area contributed by atoms with E-state index in [0.717, 1.165) is 5.56 Å². The molecule has 1 aromatic heterocycles. The van der Waals surface area contributed by atoms with Crippen LogP contribution in [0.2, 0.25) is 0 Å². The zero-order valence-electron chi connectivity index (χ0n) is 10.5. The summed E-state index contributed by atoms with van der Waals surface area (Å²) in [5.41, 5.74) is 1.22. The lowest BCUT2D eigenvalue weighted by Gasteiger charge is -2.08. The van der Waals surface area contributed by atoms with Gasteiger partial charge in [-0.05, 0) is 18.2 Å². The molecule has 1 N–H and O–H groups in total. The number of ether oxygens (including phenoxy) is 2. The molecule has 5 heteroatoms. The number of benzene rings is 1. The highest BCUT2D eigenvalue weighted by Gasteiger charge is 2.12. The van der Waals surface area contributed by atoms with Crippen LogP contribution in [0.5, 0.6) is 11.5 Å². The molecule has 1 heterocycles. The zero-order valence-corrected chi connectivity index (χ0v) is 10.5. The molecule has 0 atom stereocenters. The molecule has 0 radical (unpaired) electrons. The van der Waals surface area contributed by atoms with Gasteiger partial charge in [-0.15, -0.1) is 0 Å². The second-order valence-corrected chi connectivity index (χ2v) is 3.77. The fraction of sp³-hybridized carbons (Fsp3) is 0.231. The second-order valence-electron chi connectivity index (χ2n) is 3.77. The molecule has 94 valence electrons. The fourth-order valence-corrected chi connectivity index (χ4v) is 1.64. The molecule has 2 rings (SSSR count). The van der Waals surface area contributed by atoms with Crippen molar-refractivity contribution in [3.05, 3.63) is 30.1 Å². The monoisotopic (exact) mass is 246 g/mol. The Morgan fingerprint density at radius 3 is 2.61 bits per heavy atom. The average molecular weight is 246 g/mol. The van der Waals surface area contributed by atoms with Gasteiger partial charge in [0.15, 0.2) is 5.78 Å². The third kappa shape index (κ3) is 2.20. The summed E-state index contributed by atoms with van der Waals surface area (Å²) in [5.74, 6) is 1.89. The summed E-state index contributed by atoms with van der Waals surface area (Å²) in [5, 5.41) is 0. The highest BCUT2D eigenvalue weighted by molar-refractivity contribution is 5.92. The maximum absolute atomic E-state index is 11.2. The number of nitrogens with one attached hydrogen (secondary N) is 1. The van der Waals surface area contributed by atoms with Gasteiger partial charge in [0.25, 0.3) is 0 Å². The van der Waals surface area contributed by atoms with E-state index in [-0.39, 0.29) is 5.78 Å². The van der Waals surface area contributed by atoms with Gasteiger partial charge in [-0.25, -0.2) is 4.98 Å². The van der Waals surface area contributed by atoms with E-state index in [9.17, 15) is 4.79 Å². The molecule has 0 aliphatic heterocycles. The van der Waals surface area contributed by atoms with Gasteiger partial charge in [-0.2, -0.15) is 0 Å². The molecule has 0 unspecified atom stereocenters. The summed E-state index contributed by atoms with van der Waals surface area (Å²) in [4.78, 5) is 18.4. The number of carbonyl (C=O) groups excluding carboxylic acids is 1. The van der Waals surface area contributed by atoms with Crippen LogP contribution in [0.15, 0.2) is 24.4 Å². The SMILES string of the molecule is COc1ccc(OC)c(-c2ncc(C(C)=O)[nH]2)c1. The van der Waals surface area contributed by atoms with Gasteiger partial charge in [0.2, 0.25) is 0 Å². The Morgan fingerprint density at radius 1 is 1.28 bits per heavy atom. The second kappa shape index (κ2) is 4.91. The third-order valence-corrected chi connectivity index (χ3v) is 2.62. The van der Waals surface area contributed by atoms with Crippen LogP contribution < -0.4 is 9.47 Å². The summed E-state index contributed by atoms with van der Waals surface area (Å²) in [7, 11) is 3.18. The number of Topliss-reactive ketones (excluding diaryl/α,β-unsaturated/α-hetero) is 1. The van der Waals surface area contributed by atoms with Crippen molar-refractivity contribution in [1.82, 2.24) is 9.97 Å². The summed E-state index contributed by atoms with van der Waals surface area (Å²) in [6.07, 6.45) is 1.51. The van der Waals surface area contributed by atoms with Crippen LogP contribution in [0.25, 0.3) is 11.4 Å². The number of nitrogens with zero attached hydrogens (tertiary/aromatic N) is 1. The van der Waals surface area contributed by atoms with E-state index in [4.69, 9.17) is 9.47 Å². The molecular formula is C13H14N2O3. The van der Waals surface area contributed by atoms with E-state index >= 15 is 0 Å². The van der Waals surface area contributed by atoms with Gasteiger partial charge < -0.3 is 14.5 Å². The number of carbonyl (C=O) groups is 1. The lowest BCUT2D eigenvalue weighted by atomic mass is 10.2. The molecule has 0 saturated carbocycles. The number of hydrogen-bond donors (Lipinski definition) is 1. The maximum atomic E-state index is 11.2. The molecule has 5 nitrogen and oxygen atoms in total. The number of aromatic nitrogens is 2. The standard InChI is InChI=1S/C13H14N2O3/c1-8(16)11-7-14-13(15-11)10-6-9(17-2)4-5-12(10)18-3/h4-7H,1-3H3,(H,14,15). The topological polar surface area (TPSA) is 64.2 Å². The maximum Gasteiger partial charge on any atom is 0.177 e. The Labute approximate surface area is 105 Å². The van der Waals surface area contributed by atoms with Crippen molar-refractivity contribution in [1.29, 1.82) is 0 Å². The highest BCUT2D eigenvalue weighted by atomic mass is 16.5. The number of rotatable bonds is 4. The molecule has 0 fully saturated rings. The number of aromatic amines is 1. The normalized spacial score (nSPS) is 10.2. The zero-order chi connectivity index (χ0) is 13.1. The summed E-state index contributed by atoms with van der Waals surface area (Å²) < 4.78 is 10.4. The minimum Gasteiger partial charge on any atom is -0.497 e. The van der Waals surface area contributed by atoms with Gasteiger partial charge in [0.1, 0.15) is 23.0 Å². The van der Waals surface area contributed by atoms with Crippen molar-refractivity contribution in [2.24, 2.45) is 0 Å². The van der Waals surface area contributed by atoms with E-state index in [0.29, 0.717) is 23.0 Å². The van der Waals surface area contributed by atoms with Gasteiger partial charge in [-0.1, -0.05) is 0 Å². The Bertz CT molecular complexity index is 575. The summed E-state index contributed by atoms with van der Waals surface area (Å²) in [6, 6.07) is 5.41. The highest BCUT2D eigenvalue weighted by Crippen LogP contribution is 2.31. The Kier molecular flexibility index (Phi) is 3.32. The van der Waals surface area contributed by atoms with E-state index < -0.39 is 0 Å². The predicted molar refractivity (Wildman–Crippen MR) is 67.1 cm³/mol. The number of H-pyrrole nitrogens is 1. The number of hydrogen-bond acceptors (Lipinski definition) is 4. The van der Waals surface area contributed by atoms with Gasteiger partial charge in [0.05, 0.1) is 26.0 Å². The first-order valence-corrected chi connectivity index (χ1v) is 5.44. The quantitative estimate of drug-likeness (QED) is 0.841. The molecule has 1 aromatic carbocycles. The number of imidazole rings is 1. The third-order valence-electron chi connectivity index (χ3n) is 2.62. The first-order valence-electron chi connectivity index (χ1n) is 5.44. The molecule has 0 bridgehead atoms. The van der Waals surface area contributed by atoms with Crippen molar-refractivity contribution >= 4 is 5.78 Å². The largest absolute Gasteiger partial charge is 0.497 e. The number of ketones is 1. The van der Waals surface area contributed by atoms with Crippen LogP contribution in [-0.4, -0.2) is 30.0 Å². The van der Waals surface area contributed by atoms with Crippen LogP contribution in [0, 0.1) is 0 Å². The molecule has 0 spiro atoms. The summed E-state index contributed by atoms with van der Waals surface area (Å²) in [6.45, 7) is 1.49. The minimum atomic E-state index is -0.0596. The van der Waals surface area contributed by atoms with Crippen molar-refractivity contribution in [2.75, 3.05) is 14.2 Å². The average Bonchev–Trinajstić information content (AvgIpc) is 2.87. The van der Waals surface area contributed by atoms with E-state index in [2.05, 4.69) is 9.97 Å². The lowest BCUT2D eigenvalue weighted by Crippen LogP contribution is -1.93. The molecule has 18 heavy (non-hydrogen) atoms. The summed E-state index contributed by atoms with van der Waals surface area (Å²) >= 11 is 0. The Balaban J connectivity index is 2.50. The molecular weight excluding hydrogens is 232 g/mol. The Morgan fingerprint density at radius 2 is 2.06 bits per heavy atom. The van der Waals surface area contributed by atoms with E-state index in [1.54, 1.807) is 26.4 Å². The smallest absolute Gasteiger partial charge is 0.177 e. The molecule has 0 aliphatic carbocycles. The van der Waals surface area contributed by atoms with Crippen molar-refractivity contribution < 1.29 is 14.3 Å². The van der Waals surface area contributed by atoms with Crippen LogP contribution in [0.1, 0.15) is 17.4 Å². The van der Waals surface area contributed by atoms with Crippen molar-refractivity contribution in [3.8, 4) is 22.9 Å². The van der Waals surface area contributed by atoms with Crippen LogP contribution in [0.4, 0.5) is 0 Å². The lowest BCUT2D eigenvalue weighted by molar-refractivity contribution is 0.101. The molecule has 0 aliphatic rings. The fourth-order valence-electron chi connectivity index (χ4n) is 1.64. The number of methoxy groups -OCH3 is 2. The Hall–Kier alpha value is -2.30. The van der Waals surface area contributed by atoms with Crippen LogP contribution in [0.3, 0.4) is 0 Å². The van der Waals surface area contributed by atoms with Crippen molar-refractivity contribution in [2.45, 2.75) is 6.92 Å². The molecule has 0 amide bonds. The van der Waals surface area contributed by atoms with Crippen molar-refractivity contribution in [3.63, 3.8) is 0 Å². The van der Waals surface area contributed by atoms with E-state index in [1.165, 1.54) is 13.1 Å². The van der Waals surface area contributed by atoms with Gasteiger partial charge in [-0.3, -0.25) is 4.79 Å². The minimum absolute atomic E-state index is 0.0596.